The average molecular weight is 644 g/mol. The minimum Gasteiger partial charge on any atom is -0.477 e. The molecule has 2 aliphatic heterocycles. The Labute approximate surface area is 271 Å². The number of carbonyl (C=O) groups excluding carboxylic acids is 3. The first-order valence-electron chi connectivity index (χ1n) is 16.0. The molecule has 0 bridgehead atoms. The number of aromatic carboxylic acids is 1. The molecule has 0 spiro atoms. The maximum atomic E-state index is 14.2. The summed E-state index contributed by atoms with van der Waals surface area (Å²) in [5.41, 5.74) is -1.41. The molecule has 2 unspecified atom stereocenters. The van der Waals surface area contributed by atoms with Gasteiger partial charge in [0.25, 0.3) is 0 Å². The number of thiophene rings is 1. The van der Waals surface area contributed by atoms with Crippen LogP contribution < -0.4 is 4.90 Å². The predicted octanol–water partition coefficient (Wildman–Crippen LogP) is 6.61. The van der Waals surface area contributed by atoms with Crippen LogP contribution in [0.2, 0.25) is 0 Å². The average Bonchev–Trinajstić information content (AvgIpc) is 3.66. The first-order chi connectivity index (χ1) is 20.8. The smallest absolute Gasteiger partial charge is 0.410 e. The molecule has 248 valence electrons. The second-order valence-electron chi connectivity index (χ2n) is 15.2. The van der Waals surface area contributed by atoms with Gasteiger partial charge in [-0.25, -0.2) is 14.4 Å². The van der Waals surface area contributed by atoms with E-state index in [0.29, 0.717) is 42.4 Å². The fraction of sp³-hybridized carbons (Fsp3) is 0.706. The van der Waals surface area contributed by atoms with E-state index in [0.717, 1.165) is 37.0 Å². The van der Waals surface area contributed by atoms with Crippen LogP contribution in [0.15, 0.2) is 6.07 Å². The van der Waals surface area contributed by atoms with Gasteiger partial charge in [-0.1, -0.05) is 18.8 Å². The number of nitrogens with zero attached hydrogens (tertiary/aromatic N) is 3. The molecule has 3 amide bonds. The van der Waals surface area contributed by atoms with Crippen molar-refractivity contribution in [3.05, 3.63) is 15.8 Å². The van der Waals surface area contributed by atoms with E-state index in [2.05, 4.69) is 18.8 Å². The van der Waals surface area contributed by atoms with Gasteiger partial charge in [-0.15, -0.1) is 11.3 Å². The van der Waals surface area contributed by atoms with Crippen molar-refractivity contribution in [2.24, 2.45) is 17.3 Å². The van der Waals surface area contributed by atoms with Crippen molar-refractivity contribution in [2.75, 3.05) is 31.1 Å². The van der Waals surface area contributed by atoms with Gasteiger partial charge < -0.3 is 29.3 Å². The summed E-state index contributed by atoms with van der Waals surface area (Å²) in [6.07, 6.45) is 3.43. The van der Waals surface area contributed by atoms with Crippen LogP contribution in [0.3, 0.4) is 0 Å². The molecule has 3 heterocycles. The summed E-state index contributed by atoms with van der Waals surface area (Å²) in [6, 6.07) is 1.32. The fourth-order valence-electron chi connectivity index (χ4n) is 6.12. The van der Waals surface area contributed by atoms with Crippen molar-refractivity contribution in [3.8, 4) is 11.8 Å². The van der Waals surface area contributed by atoms with Gasteiger partial charge in [-0.05, 0) is 92.6 Å². The fourth-order valence-corrected chi connectivity index (χ4v) is 6.96. The first kappa shape index (κ1) is 34.6. The third-order valence-corrected chi connectivity index (χ3v) is 9.57. The zero-order chi connectivity index (χ0) is 33.3. The van der Waals surface area contributed by atoms with E-state index in [1.54, 1.807) is 20.8 Å². The zero-order valence-electron chi connectivity index (χ0n) is 28.0. The number of likely N-dealkylation sites (tertiary alicyclic amines) is 2. The van der Waals surface area contributed by atoms with Crippen molar-refractivity contribution < 1.29 is 33.8 Å². The van der Waals surface area contributed by atoms with Crippen molar-refractivity contribution in [2.45, 2.75) is 111 Å². The molecule has 1 N–H and O–H groups in total. The third-order valence-electron chi connectivity index (χ3n) is 8.54. The Morgan fingerprint density at radius 1 is 1.00 bits per heavy atom. The highest BCUT2D eigenvalue weighted by molar-refractivity contribution is 7.15. The topological polar surface area (TPSA) is 117 Å². The summed E-state index contributed by atoms with van der Waals surface area (Å²) in [7, 11) is 0. The van der Waals surface area contributed by atoms with E-state index in [-0.39, 0.29) is 35.2 Å². The molecule has 0 aromatic carbocycles. The zero-order valence-corrected chi connectivity index (χ0v) is 28.8. The summed E-state index contributed by atoms with van der Waals surface area (Å²) >= 11 is 1.08. The lowest BCUT2D eigenvalue weighted by Gasteiger charge is -2.35. The molecule has 2 saturated heterocycles. The molecule has 1 aromatic heterocycles. The van der Waals surface area contributed by atoms with E-state index >= 15 is 0 Å². The number of rotatable bonds is 5. The standard InChI is InChI=1S/C34H49N3O7S/c1-22-9-11-23(12-10-22)28(38)37(26-19-25(13-15-32(2,3)4)45-27(26)29(39)40)24-14-17-35(20-24)30(41)44-34(8)16-18-36(21-34)31(42)43-33(5,6)7/h19,22-24H,9-12,14,16-18,20-21H2,1-8H3,(H,39,40). The molecule has 11 heteroatoms. The SMILES string of the molecule is CC1CCC(C(=O)N(c2cc(C#CC(C)(C)C)sc2C(=O)O)C2CCN(C(=O)OC3(C)CCN(C(=O)OC(C)(C)C)C3)C2)CC1. The van der Waals surface area contributed by atoms with E-state index < -0.39 is 35.4 Å². The van der Waals surface area contributed by atoms with E-state index in [1.165, 1.54) is 0 Å². The Balaban J connectivity index is 1.54. The van der Waals surface area contributed by atoms with E-state index in [1.807, 2.05) is 48.5 Å². The van der Waals surface area contributed by atoms with Crippen molar-refractivity contribution in [3.63, 3.8) is 0 Å². The largest absolute Gasteiger partial charge is 0.477 e. The molecule has 2 atom stereocenters. The molecule has 3 fully saturated rings. The predicted molar refractivity (Wildman–Crippen MR) is 174 cm³/mol. The van der Waals surface area contributed by atoms with E-state index in [4.69, 9.17) is 9.47 Å². The monoisotopic (exact) mass is 643 g/mol. The molecule has 1 aliphatic carbocycles. The van der Waals surface area contributed by atoms with E-state index in [9.17, 15) is 24.3 Å². The summed E-state index contributed by atoms with van der Waals surface area (Å²) in [5, 5.41) is 10.2. The number of carbonyl (C=O) groups is 4. The normalized spacial score (nSPS) is 25.4. The van der Waals surface area contributed by atoms with Crippen LogP contribution in [-0.4, -0.2) is 82.4 Å². The molecular formula is C34H49N3O7S. The highest BCUT2D eigenvalue weighted by Gasteiger charge is 2.44. The van der Waals surface area contributed by atoms with Crippen LogP contribution in [0.1, 0.15) is 108 Å². The summed E-state index contributed by atoms with van der Waals surface area (Å²) < 4.78 is 11.5. The van der Waals surface area contributed by atoms with Gasteiger partial charge in [0, 0.05) is 37.4 Å². The number of hydrogen-bond donors (Lipinski definition) is 1. The van der Waals surface area contributed by atoms with Gasteiger partial charge in [-0.2, -0.15) is 0 Å². The van der Waals surface area contributed by atoms with Gasteiger partial charge in [0.05, 0.1) is 23.2 Å². The molecule has 4 rings (SSSR count). The van der Waals surface area contributed by atoms with Crippen LogP contribution in [0.25, 0.3) is 0 Å². The molecule has 0 radical (unpaired) electrons. The lowest BCUT2D eigenvalue weighted by molar-refractivity contribution is -0.124. The second-order valence-corrected chi connectivity index (χ2v) is 16.2. The highest BCUT2D eigenvalue weighted by atomic mass is 32.1. The van der Waals surface area contributed by atoms with Crippen molar-refractivity contribution in [1.82, 2.24) is 9.80 Å². The van der Waals surface area contributed by atoms with Crippen LogP contribution in [-0.2, 0) is 14.3 Å². The molecule has 10 nitrogen and oxygen atoms in total. The van der Waals surface area contributed by atoms with Gasteiger partial charge in [0.1, 0.15) is 16.1 Å². The maximum absolute atomic E-state index is 14.2. The molecular weight excluding hydrogens is 594 g/mol. The van der Waals surface area contributed by atoms with Gasteiger partial charge in [-0.3, -0.25) is 4.79 Å². The lowest BCUT2D eigenvalue weighted by Crippen LogP contribution is -2.47. The Kier molecular flexibility index (Phi) is 10.2. The summed E-state index contributed by atoms with van der Waals surface area (Å²) in [6.45, 7) is 16.6. The van der Waals surface area contributed by atoms with Crippen molar-refractivity contribution >= 4 is 41.1 Å². The minimum atomic E-state index is -1.10. The minimum absolute atomic E-state index is 0.0764. The van der Waals surface area contributed by atoms with Gasteiger partial charge in [0.15, 0.2) is 0 Å². The Hall–Kier alpha value is -3.26. The third kappa shape index (κ3) is 8.93. The number of carboxylic acid groups (broad SMARTS) is 1. The Morgan fingerprint density at radius 3 is 2.27 bits per heavy atom. The summed E-state index contributed by atoms with van der Waals surface area (Å²) in [5.74, 6) is 5.43. The van der Waals surface area contributed by atoms with Crippen LogP contribution in [0.4, 0.5) is 15.3 Å². The highest BCUT2D eigenvalue weighted by Crippen LogP contribution is 2.38. The van der Waals surface area contributed by atoms with Crippen LogP contribution >= 0.6 is 11.3 Å². The lowest BCUT2D eigenvalue weighted by atomic mass is 9.82. The molecule has 45 heavy (non-hydrogen) atoms. The Morgan fingerprint density at radius 2 is 1.67 bits per heavy atom. The number of ether oxygens (including phenoxy) is 2. The van der Waals surface area contributed by atoms with Gasteiger partial charge >= 0.3 is 18.2 Å². The first-order valence-corrected chi connectivity index (χ1v) is 16.8. The number of carboxylic acids is 1. The van der Waals surface area contributed by atoms with Crippen LogP contribution in [0, 0.1) is 29.1 Å². The van der Waals surface area contributed by atoms with Gasteiger partial charge in [0.2, 0.25) is 5.91 Å². The number of anilines is 1. The molecule has 3 aliphatic rings. The summed E-state index contributed by atoms with van der Waals surface area (Å²) in [4.78, 5) is 58.2. The van der Waals surface area contributed by atoms with Crippen LogP contribution in [0.5, 0.6) is 0 Å². The maximum Gasteiger partial charge on any atom is 0.410 e. The second kappa shape index (κ2) is 13.2. The molecule has 1 saturated carbocycles. The number of hydrogen-bond acceptors (Lipinski definition) is 7. The van der Waals surface area contributed by atoms with Crippen molar-refractivity contribution in [1.29, 1.82) is 0 Å². The Bertz CT molecular complexity index is 1360. The number of amides is 3. The quantitative estimate of drug-likeness (QED) is 0.359. The molecule has 1 aromatic rings.